The average Bonchev–Trinajstić information content (AvgIpc) is 1.57. The Kier molecular flexibility index (Phi) is 2.02. The molecule has 0 aromatic rings. The first-order chi connectivity index (χ1) is 4.52. The largest absolute Gasteiger partial charge is 0.247 e. The van der Waals surface area contributed by atoms with Crippen LogP contribution in [0.15, 0.2) is 0 Å². The maximum absolute atomic E-state index is 13.4. The minimum atomic E-state index is -0.582. The molecule has 10 heavy (non-hydrogen) atoms. The van der Waals surface area contributed by atoms with Gasteiger partial charge in [-0.2, -0.15) is 0 Å². The summed E-state index contributed by atoms with van der Waals surface area (Å²) in [5, 5.41) is 0. The summed E-state index contributed by atoms with van der Waals surface area (Å²) in [5.74, 6) is 0.375. The van der Waals surface area contributed by atoms with Crippen molar-refractivity contribution in [3.8, 4) is 0 Å². The number of halogens is 1. The molecule has 1 aliphatic carbocycles. The van der Waals surface area contributed by atoms with Gasteiger partial charge >= 0.3 is 0 Å². The Balaban J connectivity index is 2.39. The van der Waals surface area contributed by atoms with Gasteiger partial charge in [0.2, 0.25) is 0 Å². The molecule has 60 valence electrons. The molecular weight excluding hydrogens is 127 g/mol. The molecule has 0 radical (unpaired) electrons. The summed E-state index contributed by atoms with van der Waals surface area (Å²) in [4.78, 5) is 0. The molecule has 1 aliphatic rings. The summed E-state index contributed by atoms with van der Waals surface area (Å²) < 4.78 is 13.4. The van der Waals surface area contributed by atoms with Crippen LogP contribution >= 0.6 is 0 Å². The zero-order valence-electron chi connectivity index (χ0n) is 7.15. The van der Waals surface area contributed by atoms with Crippen molar-refractivity contribution in [3.63, 3.8) is 0 Å². The van der Waals surface area contributed by atoms with Gasteiger partial charge in [0.15, 0.2) is 0 Å². The van der Waals surface area contributed by atoms with Crippen LogP contribution in [0, 0.1) is 11.3 Å². The van der Waals surface area contributed by atoms with Gasteiger partial charge in [-0.1, -0.05) is 27.2 Å². The number of rotatable bonds is 1. The first-order valence-electron chi connectivity index (χ1n) is 4.16. The lowest BCUT2D eigenvalue weighted by Gasteiger charge is -2.36. The van der Waals surface area contributed by atoms with Gasteiger partial charge in [-0.15, -0.1) is 0 Å². The van der Waals surface area contributed by atoms with E-state index < -0.39 is 6.17 Å². The first-order valence-corrected chi connectivity index (χ1v) is 4.16. The second-order valence-electron chi connectivity index (χ2n) is 4.46. The summed E-state index contributed by atoms with van der Waals surface area (Å²) >= 11 is 0. The fraction of sp³-hybridized carbons (Fsp3) is 1.00. The minimum absolute atomic E-state index is 0.134. The molecule has 1 rings (SSSR count). The highest BCUT2D eigenvalue weighted by molar-refractivity contribution is 4.84. The molecule has 1 heteroatoms. The van der Waals surface area contributed by atoms with Crippen LogP contribution < -0.4 is 0 Å². The van der Waals surface area contributed by atoms with Gasteiger partial charge in [0.05, 0.1) is 0 Å². The fourth-order valence-electron chi connectivity index (χ4n) is 1.44. The zero-order valence-corrected chi connectivity index (χ0v) is 7.15. The molecule has 1 fully saturated rings. The van der Waals surface area contributed by atoms with Crippen molar-refractivity contribution in [2.24, 2.45) is 11.3 Å². The molecule has 0 aromatic carbocycles. The van der Waals surface area contributed by atoms with Gasteiger partial charge in [-0.3, -0.25) is 0 Å². The van der Waals surface area contributed by atoms with Crippen molar-refractivity contribution in [1.82, 2.24) is 0 Å². The molecule has 0 amide bonds. The van der Waals surface area contributed by atoms with Crippen LogP contribution in [-0.2, 0) is 0 Å². The lowest BCUT2D eigenvalue weighted by atomic mass is 9.73. The van der Waals surface area contributed by atoms with Crippen molar-refractivity contribution in [1.29, 1.82) is 0 Å². The van der Waals surface area contributed by atoms with Crippen LogP contribution in [0.1, 0.15) is 40.0 Å². The standard InChI is InChI=1S/C9H17F/c1-9(2,3)8(10)7-5-4-6-7/h7-8H,4-6H2,1-3H3. The minimum Gasteiger partial charge on any atom is -0.247 e. The maximum Gasteiger partial charge on any atom is 0.108 e. The molecule has 0 saturated heterocycles. The lowest BCUT2D eigenvalue weighted by Crippen LogP contribution is -2.33. The Bertz CT molecular complexity index is 108. The molecular formula is C9H17F. The Morgan fingerprint density at radius 3 is 1.90 bits per heavy atom. The number of hydrogen-bond donors (Lipinski definition) is 0. The highest BCUT2D eigenvalue weighted by Crippen LogP contribution is 2.39. The Morgan fingerprint density at radius 1 is 1.30 bits per heavy atom. The third kappa shape index (κ3) is 1.50. The molecule has 0 spiro atoms. The lowest BCUT2D eigenvalue weighted by molar-refractivity contribution is 0.0541. The maximum atomic E-state index is 13.4. The smallest absolute Gasteiger partial charge is 0.108 e. The van der Waals surface area contributed by atoms with Crippen molar-refractivity contribution in [3.05, 3.63) is 0 Å². The summed E-state index contributed by atoms with van der Waals surface area (Å²) in [7, 11) is 0. The van der Waals surface area contributed by atoms with Crippen molar-refractivity contribution >= 4 is 0 Å². The van der Waals surface area contributed by atoms with E-state index in [4.69, 9.17) is 0 Å². The monoisotopic (exact) mass is 144 g/mol. The molecule has 0 aromatic heterocycles. The number of hydrogen-bond acceptors (Lipinski definition) is 0. The molecule has 0 aliphatic heterocycles. The van der Waals surface area contributed by atoms with Gasteiger partial charge in [0, 0.05) is 0 Å². The van der Waals surface area contributed by atoms with Gasteiger partial charge in [0.1, 0.15) is 6.17 Å². The van der Waals surface area contributed by atoms with E-state index in [0.29, 0.717) is 5.92 Å². The Hall–Kier alpha value is -0.0700. The van der Waals surface area contributed by atoms with Crippen molar-refractivity contribution in [2.75, 3.05) is 0 Å². The quantitative estimate of drug-likeness (QED) is 0.530. The third-order valence-electron chi connectivity index (χ3n) is 2.39. The molecule has 1 saturated carbocycles. The molecule has 1 unspecified atom stereocenters. The normalized spacial score (nSPS) is 24.0. The van der Waals surface area contributed by atoms with E-state index in [2.05, 4.69) is 0 Å². The summed E-state index contributed by atoms with van der Waals surface area (Å²) in [5.41, 5.74) is -0.134. The van der Waals surface area contributed by atoms with Crippen LogP contribution in [0.2, 0.25) is 0 Å². The van der Waals surface area contributed by atoms with Crippen LogP contribution in [0.3, 0.4) is 0 Å². The first kappa shape index (κ1) is 8.03. The molecule has 1 atom stereocenters. The van der Waals surface area contributed by atoms with Gasteiger partial charge in [-0.25, -0.2) is 4.39 Å². The zero-order chi connectivity index (χ0) is 7.78. The highest BCUT2D eigenvalue weighted by atomic mass is 19.1. The Morgan fingerprint density at radius 2 is 1.80 bits per heavy atom. The predicted molar refractivity (Wildman–Crippen MR) is 41.7 cm³/mol. The third-order valence-corrected chi connectivity index (χ3v) is 2.39. The topological polar surface area (TPSA) is 0 Å². The van der Waals surface area contributed by atoms with E-state index in [1.54, 1.807) is 0 Å². The van der Waals surface area contributed by atoms with Gasteiger partial charge < -0.3 is 0 Å². The fourth-order valence-corrected chi connectivity index (χ4v) is 1.44. The van der Waals surface area contributed by atoms with E-state index in [9.17, 15) is 4.39 Å². The second-order valence-corrected chi connectivity index (χ2v) is 4.46. The molecule has 0 heterocycles. The van der Waals surface area contributed by atoms with E-state index in [0.717, 1.165) is 12.8 Å². The van der Waals surface area contributed by atoms with Crippen LogP contribution in [-0.4, -0.2) is 6.17 Å². The summed E-state index contributed by atoms with van der Waals surface area (Å²) in [6.45, 7) is 5.95. The van der Waals surface area contributed by atoms with Gasteiger partial charge in [0.25, 0.3) is 0 Å². The average molecular weight is 144 g/mol. The van der Waals surface area contributed by atoms with E-state index in [-0.39, 0.29) is 5.41 Å². The van der Waals surface area contributed by atoms with Crippen molar-refractivity contribution in [2.45, 2.75) is 46.2 Å². The van der Waals surface area contributed by atoms with E-state index >= 15 is 0 Å². The van der Waals surface area contributed by atoms with Crippen LogP contribution in [0.25, 0.3) is 0 Å². The summed E-state index contributed by atoms with van der Waals surface area (Å²) in [6, 6.07) is 0. The van der Waals surface area contributed by atoms with Crippen LogP contribution in [0.5, 0.6) is 0 Å². The second kappa shape index (κ2) is 2.52. The van der Waals surface area contributed by atoms with Crippen LogP contribution in [0.4, 0.5) is 4.39 Å². The predicted octanol–water partition coefficient (Wildman–Crippen LogP) is 3.17. The molecule has 0 bridgehead atoms. The molecule has 0 N–H and O–H groups in total. The van der Waals surface area contributed by atoms with Gasteiger partial charge in [-0.05, 0) is 24.2 Å². The summed E-state index contributed by atoms with van der Waals surface area (Å²) in [6.07, 6.45) is 2.87. The molecule has 0 nitrogen and oxygen atoms in total. The van der Waals surface area contributed by atoms with E-state index in [1.807, 2.05) is 20.8 Å². The van der Waals surface area contributed by atoms with Crippen molar-refractivity contribution < 1.29 is 4.39 Å². The SMILES string of the molecule is CC(C)(C)C(F)C1CCC1. The Labute approximate surface area is 62.8 Å². The number of alkyl halides is 1. The van der Waals surface area contributed by atoms with E-state index in [1.165, 1.54) is 6.42 Å². The highest BCUT2D eigenvalue weighted by Gasteiger charge is 2.35.